The molecule has 21 heavy (non-hydrogen) atoms. The predicted molar refractivity (Wildman–Crippen MR) is 82.9 cm³/mol. The average Bonchev–Trinajstić information content (AvgIpc) is 2.52. The Labute approximate surface area is 129 Å². The van der Waals surface area contributed by atoms with Crippen molar-refractivity contribution < 1.29 is 9.47 Å². The number of hydrogen-bond acceptors (Lipinski definition) is 3. The molecule has 1 unspecified atom stereocenters. The van der Waals surface area contributed by atoms with Crippen LogP contribution in [0.3, 0.4) is 0 Å². The number of benzene rings is 2. The van der Waals surface area contributed by atoms with E-state index in [2.05, 4.69) is 6.07 Å². The molecule has 0 aliphatic rings. The van der Waals surface area contributed by atoms with Gasteiger partial charge in [0.1, 0.15) is 11.5 Å². The topological polar surface area (TPSA) is 42.2 Å². The smallest absolute Gasteiger partial charge is 0.119 e. The molecule has 0 bridgehead atoms. The standard InChI is InChI=1S/C17H16ClNO2/c1-20-16-5-7-17(8-6-16)21-10-9-14(12-19)13-3-2-4-15(18)11-13/h2-8,11,14H,9-10H2,1H3. The van der Waals surface area contributed by atoms with E-state index in [1.807, 2.05) is 42.5 Å². The summed E-state index contributed by atoms with van der Waals surface area (Å²) in [5.41, 5.74) is 0.920. The lowest BCUT2D eigenvalue weighted by Gasteiger charge is -2.11. The first-order valence-electron chi connectivity index (χ1n) is 6.65. The van der Waals surface area contributed by atoms with Crippen molar-refractivity contribution in [1.82, 2.24) is 0 Å². The van der Waals surface area contributed by atoms with Gasteiger partial charge in [0.2, 0.25) is 0 Å². The quantitative estimate of drug-likeness (QED) is 0.793. The molecule has 0 amide bonds. The van der Waals surface area contributed by atoms with Crippen LogP contribution >= 0.6 is 11.6 Å². The summed E-state index contributed by atoms with van der Waals surface area (Å²) in [5, 5.41) is 9.91. The van der Waals surface area contributed by atoms with Gasteiger partial charge in [0.05, 0.1) is 25.7 Å². The fourth-order valence-electron chi connectivity index (χ4n) is 2.00. The molecule has 0 N–H and O–H groups in total. The van der Waals surface area contributed by atoms with E-state index in [1.165, 1.54) is 0 Å². The van der Waals surface area contributed by atoms with Crippen molar-refractivity contribution >= 4 is 11.6 Å². The van der Waals surface area contributed by atoms with Crippen LogP contribution in [0.25, 0.3) is 0 Å². The summed E-state index contributed by atoms with van der Waals surface area (Å²) in [4.78, 5) is 0. The van der Waals surface area contributed by atoms with E-state index < -0.39 is 0 Å². The first kappa shape index (κ1) is 15.2. The molecule has 0 fully saturated rings. The number of rotatable bonds is 6. The minimum atomic E-state index is -0.220. The van der Waals surface area contributed by atoms with Crippen molar-refractivity contribution in [3.63, 3.8) is 0 Å². The predicted octanol–water partition coefficient (Wildman–Crippen LogP) is 4.42. The van der Waals surface area contributed by atoms with Gasteiger partial charge in [-0.25, -0.2) is 0 Å². The Kier molecular flexibility index (Phi) is 5.48. The van der Waals surface area contributed by atoms with Crippen LogP contribution in [0.1, 0.15) is 17.9 Å². The van der Waals surface area contributed by atoms with E-state index in [0.29, 0.717) is 18.1 Å². The first-order valence-corrected chi connectivity index (χ1v) is 7.02. The normalized spacial score (nSPS) is 11.5. The van der Waals surface area contributed by atoms with Crippen LogP contribution in [0.5, 0.6) is 11.5 Å². The highest BCUT2D eigenvalue weighted by atomic mass is 35.5. The highest BCUT2D eigenvalue weighted by Crippen LogP contribution is 2.23. The zero-order valence-corrected chi connectivity index (χ0v) is 12.5. The molecule has 2 rings (SSSR count). The number of methoxy groups -OCH3 is 1. The lowest BCUT2D eigenvalue weighted by Crippen LogP contribution is -2.04. The van der Waals surface area contributed by atoms with E-state index in [4.69, 9.17) is 21.1 Å². The molecule has 0 aliphatic carbocycles. The van der Waals surface area contributed by atoms with Crippen molar-refractivity contribution in [2.24, 2.45) is 0 Å². The molecule has 0 aliphatic heterocycles. The maximum Gasteiger partial charge on any atom is 0.119 e. The minimum Gasteiger partial charge on any atom is -0.497 e. The summed E-state index contributed by atoms with van der Waals surface area (Å²) >= 11 is 5.95. The second kappa shape index (κ2) is 7.56. The summed E-state index contributed by atoms with van der Waals surface area (Å²) in [6, 6.07) is 17.1. The summed E-state index contributed by atoms with van der Waals surface area (Å²) in [5.74, 6) is 1.33. The van der Waals surface area contributed by atoms with E-state index >= 15 is 0 Å². The highest BCUT2D eigenvalue weighted by molar-refractivity contribution is 6.30. The second-order valence-electron chi connectivity index (χ2n) is 4.55. The van der Waals surface area contributed by atoms with Crippen LogP contribution < -0.4 is 9.47 Å². The van der Waals surface area contributed by atoms with Gasteiger partial charge < -0.3 is 9.47 Å². The van der Waals surface area contributed by atoms with Gasteiger partial charge in [-0.2, -0.15) is 5.26 Å². The van der Waals surface area contributed by atoms with Crippen molar-refractivity contribution in [3.05, 3.63) is 59.1 Å². The third-order valence-corrected chi connectivity index (χ3v) is 3.38. The number of halogens is 1. The Morgan fingerprint density at radius 1 is 1.14 bits per heavy atom. The molecule has 0 radical (unpaired) electrons. The van der Waals surface area contributed by atoms with Crippen molar-refractivity contribution in [3.8, 4) is 17.6 Å². The van der Waals surface area contributed by atoms with Gasteiger partial charge in [0.15, 0.2) is 0 Å². The Hall–Kier alpha value is -2.18. The van der Waals surface area contributed by atoms with Gasteiger partial charge >= 0.3 is 0 Å². The molecule has 108 valence electrons. The third-order valence-electron chi connectivity index (χ3n) is 3.14. The minimum absolute atomic E-state index is 0.220. The molecule has 0 aromatic heterocycles. The molecule has 0 heterocycles. The van der Waals surface area contributed by atoms with Crippen LogP contribution in [-0.2, 0) is 0 Å². The molecule has 3 nitrogen and oxygen atoms in total. The molecular formula is C17H16ClNO2. The molecule has 2 aromatic rings. The van der Waals surface area contributed by atoms with E-state index in [0.717, 1.165) is 17.1 Å². The lowest BCUT2D eigenvalue weighted by atomic mass is 9.98. The maximum absolute atomic E-state index is 9.27. The summed E-state index contributed by atoms with van der Waals surface area (Å²) in [6.45, 7) is 0.469. The molecule has 4 heteroatoms. The van der Waals surface area contributed by atoms with Crippen molar-refractivity contribution in [2.45, 2.75) is 12.3 Å². The van der Waals surface area contributed by atoms with Crippen molar-refractivity contribution in [2.75, 3.05) is 13.7 Å². The van der Waals surface area contributed by atoms with Crippen LogP contribution in [0.15, 0.2) is 48.5 Å². The highest BCUT2D eigenvalue weighted by Gasteiger charge is 2.11. The fraction of sp³-hybridized carbons (Fsp3) is 0.235. The zero-order chi connectivity index (χ0) is 15.1. The van der Waals surface area contributed by atoms with Gasteiger partial charge in [-0.1, -0.05) is 23.7 Å². The Bertz CT molecular complexity index is 619. The molecular weight excluding hydrogens is 286 g/mol. The van der Waals surface area contributed by atoms with Crippen LogP contribution in [-0.4, -0.2) is 13.7 Å². The van der Waals surface area contributed by atoms with Crippen LogP contribution in [0.4, 0.5) is 0 Å². The number of nitriles is 1. The van der Waals surface area contributed by atoms with Crippen LogP contribution in [0.2, 0.25) is 5.02 Å². The number of hydrogen-bond donors (Lipinski definition) is 0. The first-order chi connectivity index (χ1) is 10.2. The molecule has 0 spiro atoms. The average molecular weight is 302 g/mol. The van der Waals surface area contributed by atoms with Gasteiger partial charge in [-0.05, 0) is 42.0 Å². The largest absolute Gasteiger partial charge is 0.497 e. The Morgan fingerprint density at radius 3 is 2.48 bits per heavy atom. The maximum atomic E-state index is 9.27. The molecule has 0 saturated heterocycles. The SMILES string of the molecule is COc1ccc(OCCC(C#N)c2cccc(Cl)c2)cc1. The third kappa shape index (κ3) is 4.40. The number of ether oxygens (including phenoxy) is 2. The van der Waals surface area contributed by atoms with E-state index in [9.17, 15) is 5.26 Å². The summed E-state index contributed by atoms with van der Waals surface area (Å²) in [6.07, 6.45) is 0.614. The van der Waals surface area contributed by atoms with E-state index in [-0.39, 0.29) is 5.92 Å². The van der Waals surface area contributed by atoms with Gasteiger partial charge in [-0.15, -0.1) is 0 Å². The van der Waals surface area contributed by atoms with Crippen molar-refractivity contribution in [1.29, 1.82) is 5.26 Å². The fourth-order valence-corrected chi connectivity index (χ4v) is 2.19. The lowest BCUT2D eigenvalue weighted by molar-refractivity contribution is 0.305. The Morgan fingerprint density at radius 2 is 1.86 bits per heavy atom. The summed E-state index contributed by atoms with van der Waals surface area (Å²) < 4.78 is 10.7. The second-order valence-corrected chi connectivity index (χ2v) is 4.99. The Balaban J connectivity index is 1.90. The van der Waals surface area contributed by atoms with Crippen LogP contribution in [0, 0.1) is 11.3 Å². The van der Waals surface area contributed by atoms with Gasteiger partial charge in [0.25, 0.3) is 0 Å². The molecule has 2 aromatic carbocycles. The van der Waals surface area contributed by atoms with Gasteiger partial charge in [0, 0.05) is 11.4 Å². The van der Waals surface area contributed by atoms with E-state index in [1.54, 1.807) is 13.2 Å². The number of nitrogens with zero attached hydrogens (tertiary/aromatic N) is 1. The van der Waals surface area contributed by atoms with Gasteiger partial charge in [-0.3, -0.25) is 0 Å². The summed E-state index contributed by atoms with van der Waals surface area (Å²) in [7, 11) is 1.62. The molecule has 1 atom stereocenters. The monoisotopic (exact) mass is 301 g/mol. The molecule has 0 saturated carbocycles. The zero-order valence-electron chi connectivity index (χ0n) is 11.8.